The van der Waals surface area contributed by atoms with Crippen LogP contribution in [0.15, 0.2) is 34.7 Å². The zero-order valence-corrected chi connectivity index (χ0v) is 9.86. The molecule has 0 atom stereocenters. The summed E-state index contributed by atoms with van der Waals surface area (Å²) in [5, 5.41) is 13.0. The number of aliphatic hydroxyl groups is 1. The van der Waals surface area contributed by atoms with Crippen LogP contribution in [0.1, 0.15) is 24.4 Å². The molecular weight excluding hydrogens is 218 g/mol. The lowest BCUT2D eigenvalue weighted by Crippen LogP contribution is -2.38. The third-order valence-corrected chi connectivity index (χ3v) is 2.33. The molecule has 2 rings (SSSR count). The van der Waals surface area contributed by atoms with Crippen molar-refractivity contribution in [2.75, 3.05) is 6.54 Å². The first kappa shape index (κ1) is 11.7. The van der Waals surface area contributed by atoms with Crippen molar-refractivity contribution in [1.29, 1.82) is 0 Å². The summed E-state index contributed by atoms with van der Waals surface area (Å²) in [4.78, 5) is 11.7. The maximum absolute atomic E-state index is 11.7. The number of nitrogens with one attached hydrogen (secondary N) is 1. The zero-order chi connectivity index (χ0) is 12.5. The molecule has 17 heavy (non-hydrogen) atoms. The van der Waals surface area contributed by atoms with Crippen LogP contribution in [0.3, 0.4) is 0 Å². The Balaban J connectivity index is 2.14. The van der Waals surface area contributed by atoms with E-state index in [1.165, 1.54) is 0 Å². The average Bonchev–Trinajstić information content (AvgIpc) is 2.68. The molecule has 1 amide bonds. The van der Waals surface area contributed by atoms with Gasteiger partial charge >= 0.3 is 0 Å². The van der Waals surface area contributed by atoms with Crippen LogP contribution in [0.5, 0.6) is 0 Å². The van der Waals surface area contributed by atoms with Crippen LogP contribution in [0.4, 0.5) is 0 Å². The molecule has 1 aromatic carbocycles. The Morgan fingerprint density at radius 1 is 1.41 bits per heavy atom. The molecule has 1 heterocycles. The predicted octanol–water partition coefficient (Wildman–Crippen LogP) is 1.93. The number of amides is 1. The summed E-state index contributed by atoms with van der Waals surface area (Å²) in [6.45, 7) is 3.45. The highest BCUT2D eigenvalue weighted by Gasteiger charge is 2.17. The standard InChI is InChI=1S/C13H15NO3/c1-13(2,16)8-14-12(15)11-7-9-5-3-4-6-10(9)17-11/h3-7,16H,8H2,1-2H3,(H,14,15). The van der Waals surface area contributed by atoms with Crippen molar-refractivity contribution < 1.29 is 14.3 Å². The van der Waals surface area contributed by atoms with E-state index >= 15 is 0 Å². The molecule has 90 valence electrons. The Hall–Kier alpha value is -1.81. The van der Waals surface area contributed by atoms with Crippen LogP contribution in [-0.4, -0.2) is 23.2 Å². The summed E-state index contributed by atoms with van der Waals surface area (Å²) in [7, 11) is 0. The lowest BCUT2D eigenvalue weighted by molar-refractivity contribution is 0.0682. The molecule has 0 aliphatic heterocycles. The summed E-state index contributed by atoms with van der Waals surface area (Å²) in [6.07, 6.45) is 0. The van der Waals surface area contributed by atoms with Crippen molar-refractivity contribution in [3.8, 4) is 0 Å². The monoisotopic (exact) mass is 233 g/mol. The highest BCUT2D eigenvalue weighted by Crippen LogP contribution is 2.18. The summed E-state index contributed by atoms with van der Waals surface area (Å²) in [5.41, 5.74) is -0.247. The van der Waals surface area contributed by atoms with Gasteiger partial charge < -0.3 is 14.8 Å². The van der Waals surface area contributed by atoms with Gasteiger partial charge in [-0.25, -0.2) is 0 Å². The fourth-order valence-electron chi connectivity index (χ4n) is 1.48. The number of rotatable bonds is 3. The Morgan fingerprint density at radius 3 is 2.76 bits per heavy atom. The van der Waals surface area contributed by atoms with Gasteiger partial charge in [-0.1, -0.05) is 18.2 Å². The molecule has 1 aromatic heterocycles. The van der Waals surface area contributed by atoms with Gasteiger partial charge in [-0.3, -0.25) is 4.79 Å². The van der Waals surface area contributed by atoms with Gasteiger partial charge in [0.05, 0.1) is 5.60 Å². The molecule has 0 bridgehead atoms. The van der Waals surface area contributed by atoms with E-state index in [1.54, 1.807) is 19.9 Å². The molecule has 4 heteroatoms. The maximum Gasteiger partial charge on any atom is 0.287 e. The average molecular weight is 233 g/mol. The van der Waals surface area contributed by atoms with Gasteiger partial charge in [0.25, 0.3) is 5.91 Å². The quantitative estimate of drug-likeness (QED) is 0.851. The van der Waals surface area contributed by atoms with E-state index in [2.05, 4.69) is 5.32 Å². The third kappa shape index (κ3) is 2.85. The molecule has 0 saturated heterocycles. The van der Waals surface area contributed by atoms with Crippen LogP contribution in [0.25, 0.3) is 11.0 Å². The molecule has 0 saturated carbocycles. The van der Waals surface area contributed by atoms with E-state index in [0.717, 1.165) is 5.39 Å². The number of furan rings is 1. The second-order valence-corrected chi connectivity index (χ2v) is 4.64. The van der Waals surface area contributed by atoms with E-state index in [0.29, 0.717) is 5.58 Å². The fourth-order valence-corrected chi connectivity index (χ4v) is 1.48. The predicted molar refractivity (Wildman–Crippen MR) is 64.8 cm³/mol. The largest absolute Gasteiger partial charge is 0.451 e. The van der Waals surface area contributed by atoms with Gasteiger partial charge in [0.15, 0.2) is 5.76 Å². The van der Waals surface area contributed by atoms with Crippen molar-refractivity contribution in [1.82, 2.24) is 5.32 Å². The molecule has 0 radical (unpaired) electrons. The van der Waals surface area contributed by atoms with E-state index < -0.39 is 5.60 Å². The van der Waals surface area contributed by atoms with Crippen molar-refractivity contribution in [2.24, 2.45) is 0 Å². The van der Waals surface area contributed by atoms with Crippen LogP contribution >= 0.6 is 0 Å². The Kier molecular flexibility index (Phi) is 2.90. The van der Waals surface area contributed by atoms with Gasteiger partial charge in [0, 0.05) is 11.9 Å². The summed E-state index contributed by atoms with van der Waals surface area (Å²) >= 11 is 0. The van der Waals surface area contributed by atoms with Gasteiger partial charge in [-0.15, -0.1) is 0 Å². The van der Waals surface area contributed by atoms with Gasteiger partial charge in [-0.05, 0) is 26.0 Å². The second kappa shape index (κ2) is 4.22. The maximum atomic E-state index is 11.7. The normalized spacial score (nSPS) is 11.7. The first-order chi connectivity index (χ1) is 7.96. The van der Waals surface area contributed by atoms with Crippen molar-refractivity contribution in [3.63, 3.8) is 0 Å². The molecule has 0 spiro atoms. The number of carbonyl (C=O) groups excluding carboxylic acids is 1. The molecule has 2 N–H and O–H groups in total. The van der Waals surface area contributed by atoms with Crippen molar-refractivity contribution in [3.05, 3.63) is 36.1 Å². The van der Waals surface area contributed by atoms with Crippen molar-refractivity contribution >= 4 is 16.9 Å². The van der Waals surface area contributed by atoms with Crippen LogP contribution in [0, 0.1) is 0 Å². The second-order valence-electron chi connectivity index (χ2n) is 4.64. The minimum absolute atomic E-state index is 0.183. The molecular formula is C13H15NO3. The van der Waals surface area contributed by atoms with Crippen LogP contribution in [-0.2, 0) is 0 Å². The fraction of sp³-hybridized carbons (Fsp3) is 0.308. The number of hydrogen-bond acceptors (Lipinski definition) is 3. The van der Waals surface area contributed by atoms with Crippen LogP contribution < -0.4 is 5.32 Å². The zero-order valence-electron chi connectivity index (χ0n) is 9.86. The van der Waals surface area contributed by atoms with Gasteiger partial charge in [0.1, 0.15) is 5.58 Å². The van der Waals surface area contributed by atoms with E-state index in [1.807, 2.05) is 24.3 Å². The molecule has 0 fully saturated rings. The van der Waals surface area contributed by atoms with Crippen LogP contribution in [0.2, 0.25) is 0 Å². The van der Waals surface area contributed by atoms with E-state index in [-0.39, 0.29) is 18.2 Å². The summed E-state index contributed by atoms with van der Waals surface area (Å²) in [6, 6.07) is 9.11. The number of carbonyl (C=O) groups is 1. The van der Waals surface area contributed by atoms with Gasteiger partial charge in [0.2, 0.25) is 0 Å². The summed E-state index contributed by atoms with van der Waals surface area (Å²) in [5.74, 6) is -0.0567. The minimum Gasteiger partial charge on any atom is -0.451 e. The highest BCUT2D eigenvalue weighted by atomic mass is 16.3. The first-order valence-corrected chi connectivity index (χ1v) is 5.45. The highest BCUT2D eigenvalue weighted by molar-refractivity contribution is 5.96. The van der Waals surface area contributed by atoms with E-state index in [4.69, 9.17) is 4.42 Å². The van der Waals surface area contributed by atoms with Gasteiger partial charge in [-0.2, -0.15) is 0 Å². The number of benzene rings is 1. The Morgan fingerprint density at radius 2 is 2.12 bits per heavy atom. The Bertz CT molecular complexity index is 504. The lowest BCUT2D eigenvalue weighted by atomic mass is 10.1. The smallest absolute Gasteiger partial charge is 0.287 e. The Labute approximate surface area is 99.2 Å². The first-order valence-electron chi connectivity index (χ1n) is 5.45. The molecule has 0 aliphatic rings. The summed E-state index contributed by atoms with van der Waals surface area (Å²) < 4.78 is 5.40. The number of hydrogen-bond donors (Lipinski definition) is 2. The minimum atomic E-state index is -0.929. The lowest BCUT2D eigenvalue weighted by Gasteiger charge is -2.16. The van der Waals surface area contributed by atoms with E-state index in [9.17, 15) is 9.90 Å². The number of para-hydroxylation sites is 1. The number of fused-ring (bicyclic) bond motifs is 1. The molecule has 2 aromatic rings. The SMILES string of the molecule is CC(C)(O)CNC(=O)c1cc2ccccc2o1. The molecule has 4 nitrogen and oxygen atoms in total. The molecule has 0 aliphatic carbocycles. The topological polar surface area (TPSA) is 62.5 Å². The third-order valence-electron chi connectivity index (χ3n) is 2.33. The molecule has 0 unspecified atom stereocenters. The van der Waals surface area contributed by atoms with Crippen molar-refractivity contribution in [2.45, 2.75) is 19.4 Å².